The second kappa shape index (κ2) is 4.11. The second-order valence-electron chi connectivity index (χ2n) is 6.07. The van der Waals surface area contributed by atoms with E-state index in [1.807, 2.05) is 27.7 Å². The Bertz CT molecular complexity index is 525. The molecule has 0 heterocycles. The minimum absolute atomic E-state index is 0.183. The summed E-state index contributed by atoms with van der Waals surface area (Å²) in [6.07, 6.45) is 2.60. The van der Waals surface area contributed by atoms with E-state index >= 15 is 0 Å². The van der Waals surface area contributed by atoms with Crippen LogP contribution in [0.5, 0.6) is 5.75 Å². The smallest absolute Gasteiger partial charge is 0.169 e. The number of ketones is 1. The Morgan fingerprint density at radius 3 is 2.39 bits per heavy atom. The van der Waals surface area contributed by atoms with Gasteiger partial charge in [-0.2, -0.15) is 0 Å². The molecule has 2 rings (SSSR count). The third-order valence-electron chi connectivity index (χ3n) is 4.18. The average Bonchev–Trinajstić information content (AvgIpc) is 2.54. The molecular formula is C16H22O2. The van der Waals surface area contributed by atoms with Gasteiger partial charge in [0.2, 0.25) is 0 Å². The summed E-state index contributed by atoms with van der Waals surface area (Å²) < 4.78 is 0. The zero-order valence-corrected chi connectivity index (χ0v) is 12.0. The van der Waals surface area contributed by atoms with Gasteiger partial charge >= 0.3 is 0 Å². The van der Waals surface area contributed by atoms with Gasteiger partial charge in [-0.15, -0.1) is 0 Å². The van der Waals surface area contributed by atoms with Crippen LogP contribution >= 0.6 is 0 Å². The maximum absolute atomic E-state index is 12.4. The molecule has 1 aromatic rings. The molecule has 0 saturated carbocycles. The van der Waals surface area contributed by atoms with Crippen LogP contribution in [0.15, 0.2) is 0 Å². The van der Waals surface area contributed by atoms with Crippen LogP contribution < -0.4 is 0 Å². The van der Waals surface area contributed by atoms with E-state index in [1.165, 1.54) is 0 Å². The van der Waals surface area contributed by atoms with Crippen molar-refractivity contribution in [1.82, 2.24) is 0 Å². The number of aromatic hydroxyl groups is 1. The van der Waals surface area contributed by atoms with Crippen LogP contribution in [0.2, 0.25) is 0 Å². The molecule has 2 heteroatoms. The molecule has 2 nitrogen and oxygen atoms in total. The molecule has 98 valence electrons. The Morgan fingerprint density at radius 2 is 1.83 bits per heavy atom. The predicted molar refractivity (Wildman–Crippen MR) is 73.4 cm³/mol. The molecule has 1 N–H and O–H groups in total. The van der Waals surface area contributed by atoms with E-state index in [4.69, 9.17) is 0 Å². The molecule has 0 aromatic heterocycles. The van der Waals surface area contributed by atoms with Gasteiger partial charge in [-0.3, -0.25) is 4.79 Å². The molecule has 0 amide bonds. The first-order valence-corrected chi connectivity index (χ1v) is 6.70. The highest BCUT2D eigenvalue weighted by molar-refractivity contribution is 6.06. The van der Waals surface area contributed by atoms with Gasteiger partial charge in [0.1, 0.15) is 5.75 Å². The first-order chi connectivity index (χ1) is 8.31. The lowest BCUT2D eigenvalue weighted by Crippen LogP contribution is -2.19. The summed E-state index contributed by atoms with van der Waals surface area (Å²) >= 11 is 0. The summed E-state index contributed by atoms with van der Waals surface area (Å²) in [7, 11) is 0. The first kappa shape index (κ1) is 13.1. The van der Waals surface area contributed by atoms with E-state index in [1.54, 1.807) is 0 Å². The van der Waals surface area contributed by atoms with Gasteiger partial charge in [-0.25, -0.2) is 0 Å². The molecule has 0 saturated heterocycles. The normalized spacial score (nSPS) is 17.1. The lowest BCUT2D eigenvalue weighted by atomic mass is 9.88. The Kier molecular flexibility index (Phi) is 3.00. The molecule has 1 aromatic carbocycles. The van der Waals surface area contributed by atoms with Gasteiger partial charge in [0.25, 0.3) is 0 Å². The van der Waals surface area contributed by atoms with Gasteiger partial charge in [0.05, 0.1) is 0 Å². The van der Waals surface area contributed by atoms with Gasteiger partial charge < -0.3 is 5.11 Å². The second-order valence-corrected chi connectivity index (χ2v) is 6.07. The molecule has 0 atom stereocenters. The monoisotopic (exact) mass is 246 g/mol. The van der Waals surface area contributed by atoms with E-state index < -0.39 is 0 Å². The quantitative estimate of drug-likeness (QED) is 0.863. The molecule has 1 aliphatic carbocycles. The molecule has 1 aliphatic rings. The summed E-state index contributed by atoms with van der Waals surface area (Å²) in [5.41, 5.74) is 4.46. The van der Waals surface area contributed by atoms with Crippen LogP contribution in [-0.2, 0) is 12.8 Å². The fourth-order valence-corrected chi connectivity index (χ4v) is 3.11. The van der Waals surface area contributed by atoms with Gasteiger partial charge in [-0.1, -0.05) is 27.2 Å². The van der Waals surface area contributed by atoms with Crippen molar-refractivity contribution in [3.8, 4) is 5.75 Å². The van der Waals surface area contributed by atoms with E-state index in [-0.39, 0.29) is 11.2 Å². The van der Waals surface area contributed by atoms with Crippen molar-refractivity contribution < 1.29 is 9.90 Å². The van der Waals surface area contributed by atoms with E-state index in [0.717, 1.165) is 40.7 Å². The number of carbonyl (C=O) groups is 1. The van der Waals surface area contributed by atoms with E-state index in [2.05, 4.69) is 6.92 Å². The number of carbonyl (C=O) groups excluding carboxylic acids is 1. The number of phenols is 1. The highest BCUT2D eigenvalue weighted by atomic mass is 16.3. The van der Waals surface area contributed by atoms with Crippen molar-refractivity contribution in [3.05, 3.63) is 27.8 Å². The third kappa shape index (κ3) is 1.66. The SMILES string of the molecule is CCCc1c(C)c(O)c2c(c1C)C(=O)C(C)(C)C2. The number of benzene rings is 1. The molecule has 0 spiro atoms. The minimum atomic E-state index is -0.373. The largest absolute Gasteiger partial charge is 0.507 e. The van der Waals surface area contributed by atoms with Crippen LogP contribution in [0, 0.1) is 19.3 Å². The number of hydrogen-bond donors (Lipinski definition) is 1. The van der Waals surface area contributed by atoms with Gasteiger partial charge in [0, 0.05) is 16.5 Å². The number of phenolic OH excluding ortho intramolecular Hbond substituents is 1. The fraction of sp³-hybridized carbons (Fsp3) is 0.562. The topological polar surface area (TPSA) is 37.3 Å². The van der Waals surface area contributed by atoms with Crippen molar-refractivity contribution in [2.45, 2.75) is 53.9 Å². The Labute approximate surface area is 109 Å². The zero-order valence-electron chi connectivity index (χ0n) is 12.0. The number of fused-ring (bicyclic) bond motifs is 1. The maximum atomic E-state index is 12.4. The van der Waals surface area contributed by atoms with Crippen LogP contribution in [-0.4, -0.2) is 10.9 Å². The predicted octanol–water partition coefficient (Wildman–Crippen LogP) is 3.73. The summed E-state index contributed by atoms with van der Waals surface area (Å²) in [5.74, 6) is 0.528. The molecule has 0 aliphatic heterocycles. The third-order valence-corrected chi connectivity index (χ3v) is 4.18. The Morgan fingerprint density at radius 1 is 1.22 bits per heavy atom. The summed E-state index contributed by atoms with van der Waals surface area (Å²) in [6, 6.07) is 0. The van der Waals surface area contributed by atoms with Crippen molar-refractivity contribution in [3.63, 3.8) is 0 Å². The molecule has 0 bridgehead atoms. The lowest BCUT2D eigenvalue weighted by Gasteiger charge is -2.16. The van der Waals surface area contributed by atoms with Crippen LogP contribution in [0.4, 0.5) is 0 Å². The highest BCUT2D eigenvalue weighted by Crippen LogP contribution is 2.44. The van der Waals surface area contributed by atoms with E-state index in [9.17, 15) is 9.90 Å². The Balaban J connectivity index is 2.73. The molecular weight excluding hydrogens is 224 g/mol. The summed E-state index contributed by atoms with van der Waals surface area (Å²) in [5, 5.41) is 10.3. The van der Waals surface area contributed by atoms with Gasteiger partial charge in [-0.05, 0) is 43.4 Å². The minimum Gasteiger partial charge on any atom is -0.507 e. The first-order valence-electron chi connectivity index (χ1n) is 6.70. The molecule has 18 heavy (non-hydrogen) atoms. The average molecular weight is 246 g/mol. The molecule has 0 radical (unpaired) electrons. The highest BCUT2D eigenvalue weighted by Gasteiger charge is 2.41. The number of Topliss-reactive ketones (excluding diaryl/α,β-unsaturated/α-hetero) is 1. The van der Waals surface area contributed by atoms with E-state index in [0.29, 0.717) is 12.2 Å². The van der Waals surface area contributed by atoms with Crippen molar-refractivity contribution >= 4 is 5.78 Å². The lowest BCUT2D eigenvalue weighted by molar-refractivity contribution is 0.0863. The van der Waals surface area contributed by atoms with Crippen molar-refractivity contribution in [2.24, 2.45) is 5.41 Å². The number of hydrogen-bond acceptors (Lipinski definition) is 2. The maximum Gasteiger partial charge on any atom is 0.169 e. The number of rotatable bonds is 2. The van der Waals surface area contributed by atoms with Crippen LogP contribution in [0.25, 0.3) is 0 Å². The Hall–Kier alpha value is -1.31. The van der Waals surface area contributed by atoms with Gasteiger partial charge in [0.15, 0.2) is 5.78 Å². The van der Waals surface area contributed by atoms with Crippen LogP contribution in [0.1, 0.15) is 59.8 Å². The van der Waals surface area contributed by atoms with Crippen molar-refractivity contribution in [2.75, 3.05) is 0 Å². The standard InChI is InChI=1S/C16H22O2/c1-6-7-11-9(2)13-12(14(17)10(11)3)8-16(4,5)15(13)18/h17H,6-8H2,1-5H3. The van der Waals surface area contributed by atoms with Crippen molar-refractivity contribution in [1.29, 1.82) is 0 Å². The fourth-order valence-electron chi connectivity index (χ4n) is 3.11. The summed E-state index contributed by atoms with van der Waals surface area (Å²) in [4.78, 5) is 12.4. The molecule has 0 unspecified atom stereocenters. The van der Waals surface area contributed by atoms with Crippen LogP contribution in [0.3, 0.4) is 0 Å². The zero-order chi connectivity index (χ0) is 13.7. The summed E-state index contributed by atoms with van der Waals surface area (Å²) in [6.45, 7) is 10.0. The molecule has 0 fully saturated rings.